The molecule has 0 aliphatic rings. The van der Waals surface area contributed by atoms with Gasteiger partial charge in [0.25, 0.3) is 0 Å². The molecule has 0 aliphatic heterocycles. The smallest absolute Gasteiger partial charge is 0.140 e. The molecule has 5 aromatic rings. The van der Waals surface area contributed by atoms with Crippen LogP contribution in [0.3, 0.4) is 0 Å². The molecule has 198 valence electrons. The summed E-state index contributed by atoms with van der Waals surface area (Å²) in [6.45, 7) is 8.01. The molecule has 0 fully saturated rings. The number of hydrogen-bond donors (Lipinski definition) is 0. The summed E-state index contributed by atoms with van der Waals surface area (Å²) in [4.78, 5) is 7.76. The molecule has 0 bridgehead atoms. The normalized spacial score (nSPS) is 11.2. The first kappa shape index (κ1) is 26.5. The molecule has 0 amide bonds. The van der Waals surface area contributed by atoms with Crippen molar-refractivity contribution in [2.24, 2.45) is 0 Å². The van der Waals surface area contributed by atoms with Crippen LogP contribution in [-0.4, -0.2) is 21.0 Å². The van der Waals surface area contributed by atoms with Gasteiger partial charge < -0.3 is 9.30 Å². The fourth-order valence-electron chi connectivity index (χ4n) is 4.92. The maximum atomic E-state index is 6.11. The molecule has 4 nitrogen and oxygen atoms in total. The van der Waals surface area contributed by atoms with Gasteiger partial charge in [-0.1, -0.05) is 111 Å². The number of nitrogens with zero attached hydrogens (tertiary/aromatic N) is 3. The van der Waals surface area contributed by atoms with E-state index in [0.29, 0.717) is 0 Å². The summed E-state index contributed by atoms with van der Waals surface area (Å²) in [5, 5.41) is 0. The van der Waals surface area contributed by atoms with Crippen LogP contribution in [0.1, 0.15) is 37.9 Å². The van der Waals surface area contributed by atoms with Crippen molar-refractivity contribution in [3.05, 3.63) is 127 Å². The SMILES string of the molecule is CCCCn1c(-c2ccccc2)nc(-c2ccccc2)c1CN(CC)Cc1cccc(Oc2ccccc2)c1. The number of aromatic nitrogens is 2. The van der Waals surface area contributed by atoms with E-state index < -0.39 is 0 Å². The summed E-state index contributed by atoms with van der Waals surface area (Å²) in [7, 11) is 0. The van der Waals surface area contributed by atoms with Crippen LogP contribution in [0.2, 0.25) is 0 Å². The predicted octanol–water partition coefficient (Wildman–Crippen LogP) is 8.83. The van der Waals surface area contributed by atoms with E-state index in [4.69, 9.17) is 9.72 Å². The fraction of sp³-hybridized carbons (Fsp3) is 0.229. The monoisotopic (exact) mass is 515 g/mol. The third kappa shape index (κ3) is 6.65. The molecular formula is C35H37N3O. The Labute approximate surface area is 232 Å². The van der Waals surface area contributed by atoms with Gasteiger partial charge in [-0.3, -0.25) is 4.90 Å². The maximum Gasteiger partial charge on any atom is 0.140 e. The van der Waals surface area contributed by atoms with Crippen molar-refractivity contribution in [3.8, 4) is 34.1 Å². The van der Waals surface area contributed by atoms with Crippen LogP contribution in [0.25, 0.3) is 22.6 Å². The second kappa shape index (κ2) is 13.1. The van der Waals surface area contributed by atoms with Gasteiger partial charge in [-0.05, 0) is 42.8 Å². The van der Waals surface area contributed by atoms with E-state index in [-0.39, 0.29) is 0 Å². The topological polar surface area (TPSA) is 30.3 Å². The zero-order chi connectivity index (χ0) is 26.9. The number of rotatable bonds is 12. The molecule has 0 spiro atoms. The minimum atomic E-state index is 0.814. The fourth-order valence-corrected chi connectivity index (χ4v) is 4.92. The summed E-state index contributed by atoms with van der Waals surface area (Å²) in [6.07, 6.45) is 2.25. The van der Waals surface area contributed by atoms with Crippen molar-refractivity contribution in [2.45, 2.75) is 46.3 Å². The van der Waals surface area contributed by atoms with Gasteiger partial charge in [0, 0.05) is 30.8 Å². The molecule has 0 saturated heterocycles. The molecule has 4 heteroatoms. The van der Waals surface area contributed by atoms with E-state index in [9.17, 15) is 0 Å². The van der Waals surface area contributed by atoms with E-state index in [0.717, 1.165) is 73.2 Å². The molecule has 0 saturated carbocycles. The third-order valence-electron chi connectivity index (χ3n) is 6.99. The lowest BCUT2D eigenvalue weighted by Gasteiger charge is -2.23. The molecule has 1 heterocycles. The average Bonchev–Trinajstić information content (AvgIpc) is 3.35. The highest BCUT2D eigenvalue weighted by Gasteiger charge is 2.21. The van der Waals surface area contributed by atoms with Gasteiger partial charge in [0.05, 0.1) is 11.4 Å². The summed E-state index contributed by atoms with van der Waals surface area (Å²) in [5.41, 5.74) is 5.90. The van der Waals surface area contributed by atoms with E-state index in [1.54, 1.807) is 0 Å². The van der Waals surface area contributed by atoms with Crippen LogP contribution in [0.15, 0.2) is 115 Å². The van der Waals surface area contributed by atoms with Crippen LogP contribution in [0, 0.1) is 0 Å². The van der Waals surface area contributed by atoms with Gasteiger partial charge in [0.15, 0.2) is 0 Å². The Hall–Kier alpha value is -4.15. The summed E-state index contributed by atoms with van der Waals surface area (Å²) in [6, 6.07) is 39.6. The summed E-state index contributed by atoms with van der Waals surface area (Å²) < 4.78 is 8.57. The van der Waals surface area contributed by atoms with Gasteiger partial charge in [0.2, 0.25) is 0 Å². The van der Waals surface area contributed by atoms with Crippen molar-refractivity contribution in [1.29, 1.82) is 0 Å². The lowest BCUT2D eigenvalue weighted by Crippen LogP contribution is -2.24. The van der Waals surface area contributed by atoms with E-state index >= 15 is 0 Å². The highest BCUT2D eigenvalue weighted by molar-refractivity contribution is 5.68. The zero-order valence-electron chi connectivity index (χ0n) is 23.0. The Kier molecular flexibility index (Phi) is 8.87. The van der Waals surface area contributed by atoms with Gasteiger partial charge >= 0.3 is 0 Å². The quantitative estimate of drug-likeness (QED) is 0.166. The number of para-hydroxylation sites is 1. The Balaban J connectivity index is 1.48. The number of benzene rings is 4. The van der Waals surface area contributed by atoms with Gasteiger partial charge in [-0.2, -0.15) is 0 Å². The second-order valence-corrected chi connectivity index (χ2v) is 9.83. The van der Waals surface area contributed by atoms with Crippen LogP contribution < -0.4 is 4.74 Å². The second-order valence-electron chi connectivity index (χ2n) is 9.83. The van der Waals surface area contributed by atoms with E-state index in [1.807, 2.05) is 36.4 Å². The van der Waals surface area contributed by atoms with Crippen molar-refractivity contribution >= 4 is 0 Å². The number of hydrogen-bond acceptors (Lipinski definition) is 3. The van der Waals surface area contributed by atoms with Crippen molar-refractivity contribution < 1.29 is 4.74 Å². The van der Waals surface area contributed by atoms with E-state index in [2.05, 4.69) is 102 Å². The van der Waals surface area contributed by atoms with Crippen molar-refractivity contribution in [1.82, 2.24) is 14.5 Å². The molecule has 1 aromatic heterocycles. The Morgan fingerprint density at radius 2 is 1.33 bits per heavy atom. The zero-order valence-corrected chi connectivity index (χ0v) is 23.0. The third-order valence-corrected chi connectivity index (χ3v) is 6.99. The molecule has 0 N–H and O–H groups in total. The molecule has 0 radical (unpaired) electrons. The largest absolute Gasteiger partial charge is 0.457 e. The molecule has 5 rings (SSSR count). The number of unbranched alkanes of at least 4 members (excludes halogenated alkanes) is 1. The Bertz CT molecular complexity index is 1450. The van der Waals surface area contributed by atoms with Crippen LogP contribution in [0.5, 0.6) is 11.5 Å². The van der Waals surface area contributed by atoms with E-state index in [1.165, 1.54) is 11.3 Å². The van der Waals surface area contributed by atoms with Crippen LogP contribution in [0.4, 0.5) is 0 Å². The van der Waals surface area contributed by atoms with Crippen LogP contribution >= 0.6 is 0 Å². The first-order chi connectivity index (χ1) is 19.2. The molecule has 0 atom stereocenters. The van der Waals surface area contributed by atoms with Gasteiger partial charge in [-0.25, -0.2) is 4.98 Å². The molecular weight excluding hydrogens is 478 g/mol. The minimum Gasteiger partial charge on any atom is -0.457 e. The van der Waals surface area contributed by atoms with Gasteiger partial charge in [0.1, 0.15) is 17.3 Å². The lowest BCUT2D eigenvalue weighted by atomic mass is 10.1. The van der Waals surface area contributed by atoms with Gasteiger partial charge in [-0.15, -0.1) is 0 Å². The molecule has 0 aliphatic carbocycles. The summed E-state index contributed by atoms with van der Waals surface area (Å²) in [5.74, 6) is 2.76. The first-order valence-electron chi connectivity index (χ1n) is 14.0. The highest BCUT2D eigenvalue weighted by Crippen LogP contribution is 2.31. The van der Waals surface area contributed by atoms with Crippen molar-refractivity contribution in [2.75, 3.05) is 6.54 Å². The van der Waals surface area contributed by atoms with Crippen LogP contribution in [-0.2, 0) is 19.6 Å². The molecule has 4 aromatic carbocycles. The highest BCUT2D eigenvalue weighted by atomic mass is 16.5. The maximum absolute atomic E-state index is 6.11. The van der Waals surface area contributed by atoms with Crippen molar-refractivity contribution in [3.63, 3.8) is 0 Å². The molecule has 0 unspecified atom stereocenters. The standard InChI is InChI=1S/C35H37N3O/c1-3-5-24-38-33(34(29-17-9-6-10-18-29)36-35(38)30-19-11-7-12-20-30)27-37(4-2)26-28-16-15-23-32(25-28)39-31-21-13-8-14-22-31/h6-23,25H,3-5,24,26-27H2,1-2H3. The number of ether oxygens (including phenoxy) is 1. The predicted molar refractivity (Wildman–Crippen MR) is 161 cm³/mol. The first-order valence-corrected chi connectivity index (χ1v) is 14.0. The average molecular weight is 516 g/mol. The lowest BCUT2D eigenvalue weighted by molar-refractivity contribution is 0.264. The minimum absolute atomic E-state index is 0.814. The molecule has 39 heavy (non-hydrogen) atoms. The Morgan fingerprint density at radius 3 is 2.00 bits per heavy atom. The summed E-state index contributed by atoms with van der Waals surface area (Å²) >= 11 is 0. The Morgan fingerprint density at radius 1 is 0.692 bits per heavy atom. The number of imidazole rings is 1.